The largest absolute Gasteiger partial charge is 0.478 e. The van der Waals surface area contributed by atoms with Crippen LogP contribution in [0, 0.1) is 13.8 Å². The minimum Gasteiger partial charge on any atom is -0.478 e. The second kappa shape index (κ2) is 7.65. The van der Waals surface area contributed by atoms with Gasteiger partial charge in [-0.15, -0.1) is 0 Å². The van der Waals surface area contributed by atoms with Gasteiger partial charge >= 0.3 is 5.97 Å². The van der Waals surface area contributed by atoms with Crippen molar-refractivity contribution in [2.45, 2.75) is 13.8 Å². The van der Waals surface area contributed by atoms with Crippen LogP contribution < -0.4 is 5.43 Å². The Balaban J connectivity index is 1.65. The second-order valence-corrected chi connectivity index (χ2v) is 6.09. The molecule has 0 radical (unpaired) electrons. The Morgan fingerprint density at radius 3 is 2.48 bits per heavy atom. The fourth-order valence-electron chi connectivity index (χ4n) is 2.42. The molecule has 0 bridgehead atoms. The lowest BCUT2D eigenvalue weighted by molar-refractivity contribution is 0.0696. The third-order valence-corrected chi connectivity index (χ3v) is 4.16. The van der Waals surface area contributed by atoms with Crippen molar-refractivity contribution in [1.29, 1.82) is 0 Å². The van der Waals surface area contributed by atoms with Gasteiger partial charge < -0.3 is 5.11 Å². The standard InChI is InChI=1S/C20H18N4O3/c1-12-3-6-16(9-13(12)2)17-10-18(23-22-17)19(25)24-21-11-14-4-7-15(8-5-14)20(26)27/h3-11H,1-2H3,(H,22,23)(H,24,25)(H,26,27). The lowest BCUT2D eigenvalue weighted by Crippen LogP contribution is -2.18. The first-order chi connectivity index (χ1) is 12.9. The smallest absolute Gasteiger partial charge is 0.335 e. The minimum atomic E-state index is -0.995. The number of aryl methyl sites for hydroxylation is 2. The highest BCUT2D eigenvalue weighted by atomic mass is 16.4. The molecule has 0 unspecified atom stereocenters. The summed E-state index contributed by atoms with van der Waals surface area (Å²) in [7, 11) is 0. The van der Waals surface area contributed by atoms with Crippen LogP contribution in [-0.2, 0) is 0 Å². The highest BCUT2D eigenvalue weighted by Gasteiger charge is 2.11. The number of amides is 1. The number of H-pyrrole nitrogens is 1. The van der Waals surface area contributed by atoms with Crippen molar-refractivity contribution in [3.05, 3.63) is 76.5 Å². The highest BCUT2D eigenvalue weighted by molar-refractivity contribution is 5.94. The second-order valence-electron chi connectivity index (χ2n) is 6.09. The average molecular weight is 362 g/mol. The number of hydrogen-bond acceptors (Lipinski definition) is 4. The first-order valence-electron chi connectivity index (χ1n) is 8.24. The lowest BCUT2D eigenvalue weighted by Gasteiger charge is -2.01. The Bertz CT molecular complexity index is 1020. The van der Waals surface area contributed by atoms with E-state index in [0.29, 0.717) is 17.0 Å². The number of carboxylic acids is 1. The van der Waals surface area contributed by atoms with Crippen LogP contribution in [0.2, 0.25) is 0 Å². The molecule has 0 aliphatic carbocycles. The quantitative estimate of drug-likeness (QED) is 0.478. The molecule has 3 N–H and O–H groups in total. The van der Waals surface area contributed by atoms with Gasteiger partial charge in [0, 0.05) is 5.56 Å². The first-order valence-corrected chi connectivity index (χ1v) is 8.24. The molecular formula is C20H18N4O3. The summed E-state index contributed by atoms with van der Waals surface area (Å²) in [6, 6.07) is 13.8. The van der Waals surface area contributed by atoms with Crippen LogP contribution in [0.25, 0.3) is 11.3 Å². The van der Waals surface area contributed by atoms with Crippen molar-refractivity contribution >= 4 is 18.1 Å². The zero-order chi connectivity index (χ0) is 19.4. The van der Waals surface area contributed by atoms with Gasteiger partial charge in [-0.05, 0) is 54.8 Å². The summed E-state index contributed by atoms with van der Waals surface area (Å²) in [4.78, 5) is 23.0. The zero-order valence-corrected chi connectivity index (χ0v) is 14.9. The van der Waals surface area contributed by atoms with Crippen LogP contribution in [0.15, 0.2) is 53.6 Å². The Hall–Kier alpha value is -3.74. The Labute approximate surface area is 155 Å². The number of hydrogen-bond donors (Lipinski definition) is 3. The topological polar surface area (TPSA) is 107 Å². The van der Waals surface area contributed by atoms with Crippen molar-refractivity contribution < 1.29 is 14.7 Å². The molecule has 1 aromatic heterocycles. The number of carbonyl (C=O) groups excluding carboxylic acids is 1. The van der Waals surface area contributed by atoms with Crippen LogP contribution >= 0.6 is 0 Å². The van der Waals surface area contributed by atoms with Crippen LogP contribution in [-0.4, -0.2) is 33.4 Å². The van der Waals surface area contributed by atoms with E-state index in [1.165, 1.54) is 23.9 Å². The van der Waals surface area contributed by atoms with E-state index in [1.807, 2.05) is 32.0 Å². The Morgan fingerprint density at radius 1 is 1.07 bits per heavy atom. The molecule has 1 heterocycles. The van der Waals surface area contributed by atoms with Gasteiger partial charge in [0.05, 0.1) is 17.5 Å². The number of benzene rings is 2. The van der Waals surface area contributed by atoms with Crippen molar-refractivity contribution in [3.63, 3.8) is 0 Å². The number of carbonyl (C=O) groups is 2. The summed E-state index contributed by atoms with van der Waals surface area (Å²) >= 11 is 0. The van der Waals surface area contributed by atoms with E-state index in [9.17, 15) is 9.59 Å². The SMILES string of the molecule is Cc1ccc(-c2cc(C(=O)NN=Cc3ccc(C(=O)O)cc3)[nH]n2)cc1C. The Kier molecular flexibility index (Phi) is 5.12. The molecule has 0 aliphatic heterocycles. The number of nitrogens with one attached hydrogen (secondary N) is 2. The van der Waals surface area contributed by atoms with E-state index in [4.69, 9.17) is 5.11 Å². The van der Waals surface area contributed by atoms with Gasteiger partial charge in [-0.25, -0.2) is 10.2 Å². The number of nitrogens with zero attached hydrogens (tertiary/aromatic N) is 2. The number of hydrazone groups is 1. The molecule has 3 aromatic rings. The molecule has 0 saturated heterocycles. The number of carboxylic acid groups (broad SMARTS) is 1. The average Bonchev–Trinajstić information content (AvgIpc) is 3.14. The van der Waals surface area contributed by atoms with Crippen LogP contribution in [0.1, 0.15) is 37.5 Å². The predicted octanol–water partition coefficient (Wildman–Crippen LogP) is 3.16. The lowest BCUT2D eigenvalue weighted by atomic mass is 10.0. The van der Waals surface area contributed by atoms with Gasteiger partial charge in [0.25, 0.3) is 5.91 Å². The Morgan fingerprint density at radius 2 is 1.81 bits per heavy atom. The third kappa shape index (κ3) is 4.27. The normalized spacial score (nSPS) is 10.9. The molecule has 136 valence electrons. The van der Waals surface area contributed by atoms with Gasteiger partial charge in [-0.3, -0.25) is 9.89 Å². The number of aromatic nitrogens is 2. The summed E-state index contributed by atoms with van der Waals surface area (Å²) in [5.41, 5.74) is 7.51. The number of aromatic amines is 1. The minimum absolute atomic E-state index is 0.188. The molecule has 0 fully saturated rings. The van der Waals surface area contributed by atoms with E-state index >= 15 is 0 Å². The molecule has 3 rings (SSSR count). The number of aromatic carboxylic acids is 1. The van der Waals surface area contributed by atoms with Gasteiger partial charge in [0.2, 0.25) is 0 Å². The molecule has 7 heteroatoms. The van der Waals surface area contributed by atoms with Crippen molar-refractivity contribution in [3.8, 4) is 11.3 Å². The molecule has 27 heavy (non-hydrogen) atoms. The molecule has 0 atom stereocenters. The van der Waals surface area contributed by atoms with Gasteiger partial charge in [-0.1, -0.05) is 24.3 Å². The summed E-state index contributed by atoms with van der Waals surface area (Å²) in [5, 5.41) is 19.6. The van der Waals surface area contributed by atoms with Crippen molar-refractivity contribution in [2.75, 3.05) is 0 Å². The molecule has 7 nitrogen and oxygen atoms in total. The summed E-state index contributed by atoms with van der Waals surface area (Å²) in [6.45, 7) is 4.06. The van der Waals surface area contributed by atoms with Gasteiger partial charge in [-0.2, -0.15) is 10.2 Å². The van der Waals surface area contributed by atoms with Crippen LogP contribution in [0.3, 0.4) is 0 Å². The monoisotopic (exact) mass is 362 g/mol. The van der Waals surface area contributed by atoms with E-state index in [1.54, 1.807) is 18.2 Å². The fourth-order valence-corrected chi connectivity index (χ4v) is 2.42. The maximum absolute atomic E-state index is 12.2. The molecule has 1 amide bonds. The molecule has 0 spiro atoms. The molecular weight excluding hydrogens is 344 g/mol. The van der Waals surface area contributed by atoms with Crippen LogP contribution in [0.4, 0.5) is 0 Å². The van der Waals surface area contributed by atoms with E-state index in [0.717, 1.165) is 11.1 Å². The van der Waals surface area contributed by atoms with Crippen molar-refractivity contribution in [1.82, 2.24) is 15.6 Å². The van der Waals surface area contributed by atoms with Crippen molar-refractivity contribution in [2.24, 2.45) is 5.10 Å². The van der Waals surface area contributed by atoms with Crippen LogP contribution in [0.5, 0.6) is 0 Å². The zero-order valence-electron chi connectivity index (χ0n) is 14.9. The van der Waals surface area contributed by atoms with E-state index in [-0.39, 0.29) is 5.56 Å². The molecule has 0 aliphatic rings. The summed E-state index contributed by atoms with van der Waals surface area (Å²) < 4.78 is 0. The van der Waals surface area contributed by atoms with E-state index in [2.05, 4.69) is 20.7 Å². The summed E-state index contributed by atoms with van der Waals surface area (Å²) in [6.07, 6.45) is 1.43. The first kappa shape index (κ1) is 18.1. The highest BCUT2D eigenvalue weighted by Crippen LogP contribution is 2.20. The maximum atomic E-state index is 12.2. The van der Waals surface area contributed by atoms with Gasteiger partial charge in [0.1, 0.15) is 5.69 Å². The van der Waals surface area contributed by atoms with Gasteiger partial charge in [0.15, 0.2) is 0 Å². The van der Waals surface area contributed by atoms with E-state index < -0.39 is 11.9 Å². The molecule has 2 aromatic carbocycles. The fraction of sp³-hybridized carbons (Fsp3) is 0.100. The third-order valence-electron chi connectivity index (χ3n) is 4.16. The number of rotatable bonds is 5. The predicted molar refractivity (Wildman–Crippen MR) is 102 cm³/mol. The summed E-state index contributed by atoms with van der Waals surface area (Å²) in [5.74, 6) is -1.42. The maximum Gasteiger partial charge on any atom is 0.335 e. The molecule has 0 saturated carbocycles.